The molecule has 2 amide bonds. The number of benzene rings is 2. The number of hydrogen-bond donors (Lipinski definition) is 2. The summed E-state index contributed by atoms with van der Waals surface area (Å²) in [6.45, 7) is 1.39. The van der Waals surface area contributed by atoms with Crippen molar-refractivity contribution < 1.29 is 22.8 Å². The fourth-order valence-corrected chi connectivity index (χ4v) is 2.97. The van der Waals surface area contributed by atoms with E-state index >= 15 is 0 Å². The number of halogens is 4. The van der Waals surface area contributed by atoms with E-state index in [1.807, 2.05) is 0 Å². The number of carbonyl (C=O) groups excluding carboxylic acids is 2. The third kappa shape index (κ3) is 5.67. The van der Waals surface area contributed by atoms with Gasteiger partial charge in [-0.15, -0.1) is 11.8 Å². The minimum Gasteiger partial charge on any atom is -0.326 e. The highest BCUT2D eigenvalue weighted by atomic mass is 35.5. The molecule has 0 bridgehead atoms. The lowest BCUT2D eigenvalue weighted by Crippen LogP contribution is -2.18. The molecule has 0 saturated carbocycles. The Morgan fingerprint density at radius 3 is 2.31 bits per heavy atom. The lowest BCUT2D eigenvalue weighted by atomic mass is 10.1. The molecule has 4 nitrogen and oxygen atoms in total. The first-order chi connectivity index (χ1) is 12.2. The van der Waals surface area contributed by atoms with Crippen LogP contribution in [0.4, 0.5) is 24.5 Å². The molecule has 0 aliphatic heterocycles. The summed E-state index contributed by atoms with van der Waals surface area (Å²) in [4.78, 5) is 23.7. The highest BCUT2D eigenvalue weighted by molar-refractivity contribution is 8.00. The summed E-state index contributed by atoms with van der Waals surface area (Å²) in [7, 11) is 0. The summed E-state index contributed by atoms with van der Waals surface area (Å²) in [6, 6.07) is 10.0. The molecule has 0 unspecified atom stereocenters. The van der Waals surface area contributed by atoms with Gasteiger partial charge in [-0.25, -0.2) is 0 Å². The van der Waals surface area contributed by atoms with E-state index in [9.17, 15) is 22.8 Å². The van der Waals surface area contributed by atoms with Crippen LogP contribution in [0.1, 0.15) is 12.5 Å². The normalized spacial score (nSPS) is 11.1. The van der Waals surface area contributed by atoms with Gasteiger partial charge in [0.05, 0.1) is 22.0 Å². The Balaban J connectivity index is 2.01. The number of anilines is 2. The van der Waals surface area contributed by atoms with Crippen LogP contribution in [0.25, 0.3) is 0 Å². The second-order valence-corrected chi connectivity index (χ2v) is 6.66. The van der Waals surface area contributed by atoms with Crippen molar-refractivity contribution in [2.45, 2.75) is 18.0 Å². The minimum atomic E-state index is -4.62. The SMILES string of the molecule is CC(=O)Nc1ccc(SCC(=O)Nc2c(Cl)cccc2C(F)(F)F)cc1. The van der Waals surface area contributed by atoms with Crippen molar-refractivity contribution in [1.29, 1.82) is 0 Å². The first-order valence-corrected chi connectivity index (χ1v) is 8.69. The van der Waals surface area contributed by atoms with Gasteiger partial charge in [0.2, 0.25) is 11.8 Å². The van der Waals surface area contributed by atoms with Gasteiger partial charge in [-0.05, 0) is 36.4 Å². The van der Waals surface area contributed by atoms with Crippen molar-refractivity contribution in [2.24, 2.45) is 0 Å². The Bertz CT molecular complexity index is 811. The Morgan fingerprint density at radius 1 is 1.08 bits per heavy atom. The largest absolute Gasteiger partial charge is 0.418 e. The van der Waals surface area contributed by atoms with E-state index in [1.165, 1.54) is 19.1 Å². The lowest BCUT2D eigenvalue weighted by Gasteiger charge is -2.15. The average molecular weight is 403 g/mol. The Kier molecular flexibility index (Phi) is 6.55. The third-order valence-electron chi connectivity index (χ3n) is 3.13. The van der Waals surface area contributed by atoms with Gasteiger partial charge in [0.15, 0.2) is 0 Å². The van der Waals surface area contributed by atoms with Gasteiger partial charge < -0.3 is 10.6 Å². The first-order valence-electron chi connectivity index (χ1n) is 7.33. The van der Waals surface area contributed by atoms with E-state index in [0.717, 1.165) is 22.7 Å². The lowest BCUT2D eigenvalue weighted by molar-refractivity contribution is -0.137. The van der Waals surface area contributed by atoms with Crippen LogP contribution in [0.15, 0.2) is 47.4 Å². The van der Waals surface area contributed by atoms with E-state index in [0.29, 0.717) is 5.69 Å². The molecule has 26 heavy (non-hydrogen) atoms. The molecule has 0 spiro atoms. The average Bonchev–Trinajstić information content (AvgIpc) is 2.54. The molecule has 0 aliphatic carbocycles. The van der Waals surface area contributed by atoms with Gasteiger partial charge in [-0.1, -0.05) is 17.7 Å². The number of thioether (sulfide) groups is 1. The Morgan fingerprint density at radius 2 is 1.73 bits per heavy atom. The fourth-order valence-electron chi connectivity index (χ4n) is 2.05. The van der Waals surface area contributed by atoms with Crippen molar-refractivity contribution >= 4 is 46.6 Å². The maximum atomic E-state index is 13.0. The van der Waals surface area contributed by atoms with Crippen LogP contribution in [0, 0.1) is 0 Å². The predicted octanol–water partition coefficient (Wildman–Crippen LogP) is 5.05. The maximum absolute atomic E-state index is 13.0. The van der Waals surface area contributed by atoms with Crippen molar-refractivity contribution in [2.75, 3.05) is 16.4 Å². The molecule has 9 heteroatoms. The zero-order valence-electron chi connectivity index (χ0n) is 13.5. The van der Waals surface area contributed by atoms with E-state index in [2.05, 4.69) is 10.6 Å². The molecule has 138 valence electrons. The summed E-state index contributed by atoms with van der Waals surface area (Å²) in [6.07, 6.45) is -4.62. The van der Waals surface area contributed by atoms with Crippen LogP contribution in [-0.4, -0.2) is 17.6 Å². The van der Waals surface area contributed by atoms with E-state index in [-0.39, 0.29) is 16.7 Å². The zero-order valence-corrected chi connectivity index (χ0v) is 15.1. The highest BCUT2D eigenvalue weighted by Gasteiger charge is 2.34. The molecule has 0 aromatic heterocycles. The fraction of sp³-hybridized carbons (Fsp3) is 0.176. The molecule has 2 rings (SSSR count). The summed E-state index contributed by atoms with van der Waals surface area (Å²) < 4.78 is 39.0. The number of carbonyl (C=O) groups is 2. The molecular weight excluding hydrogens is 389 g/mol. The van der Waals surface area contributed by atoms with Crippen LogP contribution in [0.5, 0.6) is 0 Å². The molecular formula is C17H14ClF3N2O2S. The molecule has 0 atom stereocenters. The van der Waals surface area contributed by atoms with Crippen LogP contribution >= 0.6 is 23.4 Å². The van der Waals surface area contributed by atoms with Gasteiger partial charge >= 0.3 is 6.18 Å². The minimum absolute atomic E-state index is 0.0952. The number of alkyl halides is 3. The summed E-state index contributed by atoms with van der Waals surface area (Å²) >= 11 is 6.95. The second kappa shape index (κ2) is 8.46. The molecule has 0 aliphatic rings. The molecule has 2 N–H and O–H groups in total. The number of rotatable bonds is 5. The first kappa shape index (κ1) is 20.1. The van der Waals surface area contributed by atoms with Crippen LogP contribution in [0.2, 0.25) is 5.02 Å². The van der Waals surface area contributed by atoms with Gasteiger partial charge in [-0.2, -0.15) is 13.2 Å². The second-order valence-electron chi connectivity index (χ2n) is 5.20. The molecule has 0 radical (unpaired) electrons. The van der Waals surface area contributed by atoms with Crippen molar-refractivity contribution in [1.82, 2.24) is 0 Å². The quantitative estimate of drug-likeness (QED) is 0.688. The predicted molar refractivity (Wildman–Crippen MR) is 96.6 cm³/mol. The smallest absolute Gasteiger partial charge is 0.326 e. The summed E-state index contributed by atoms with van der Waals surface area (Å²) in [5.41, 5.74) is -0.839. The number of amides is 2. The third-order valence-corrected chi connectivity index (χ3v) is 4.46. The number of hydrogen-bond acceptors (Lipinski definition) is 3. The highest BCUT2D eigenvalue weighted by Crippen LogP contribution is 2.38. The molecule has 2 aromatic carbocycles. The summed E-state index contributed by atoms with van der Waals surface area (Å²) in [5, 5.41) is 4.65. The molecule has 0 heterocycles. The molecule has 0 saturated heterocycles. The maximum Gasteiger partial charge on any atom is 0.418 e. The van der Waals surface area contributed by atoms with Gasteiger partial charge in [0.1, 0.15) is 0 Å². The zero-order chi connectivity index (χ0) is 19.3. The van der Waals surface area contributed by atoms with E-state index < -0.39 is 23.3 Å². The van der Waals surface area contributed by atoms with Crippen LogP contribution in [0.3, 0.4) is 0 Å². The van der Waals surface area contributed by atoms with E-state index in [1.54, 1.807) is 24.3 Å². The monoisotopic (exact) mass is 402 g/mol. The van der Waals surface area contributed by atoms with Crippen molar-refractivity contribution in [3.63, 3.8) is 0 Å². The van der Waals surface area contributed by atoms with Crippen molar-refractivity contribution in [3.8, 4) is 0 Å². The van der Waals surface area contributed by atoms with Gasteiger partial charge in [-0.3, -0.25) is 9.59 Å². The van der Waals surface area contributed by atoms with Gasteiger partial charge in [0, 0.05) is 17.5 Å². The molecule has 2 aromatic rings. The number of para-hydroxylation sites is 1. The van der Waals surface area contributed by atoms with E-state index in [4.69, 9.17) is 11.6 Å². The van der Waals surface area contributed by atoms with Crippen LogP contribution < -0.4 is 10.6 Å². The number of nitrogens with one attached hydrogen (secondary N) is 2. The van der Waals surface area contributed by atoms with Crippen LogP contribution in [-0.2, 0) is 15.8 Å². The topological polar surface area (TPSA) is 58.2 Å². The summed E-state index contributed by atoms with van der Waals surface area (Å²) in [5.74, 6) is -0.910. The van der Waals surface area contributed by atoms with Crippen molar-refractivity contribution in [3.05, 3.63) is 53.1 Å². The Hall–Kier alpha value is -2.19. The standard InChI is InChI=1S/C17H14ClF3N2O2S/c1-10(24)22-11-5-7-12(8-6-11)26-9-15(25)23-16-13(17(19,20)21)3-2-4-14(16)18/h2-8H,9H2,1H3,(H,22,24)(H,23,25). The Labute approximate surface area is 157 Å². The van der Waals surface area contributed by atoms with Gasteiger partial charge in [0.25, 0.3) is 0 Å². The molecule has 0 fully saturated rings.